The van der Waals surface area contributed by atoms with Crippen LogP contribution in [0, 0.1) is 5.92 Å². The van der Waals surface area contributed by atoms with E-state index in [1.165, 1.54) is 0 Å². The lowest BCUT2D eigenvalue weighted by Gasteiger charge is -2.47. The van der Waals surface area contributed by atoms with Crippen molar-refractivity contribution in [1.82, 2.24) is 10.2 Å². The first-order valence-corrected chi connectivity index (χ1v) is 8.97. The summed E-state index contributed by atoms with van der Waals surface area (Å²) in [5.41, 5.74) is 0.665. The van der Waals surface area contributed by atoms with Crippen LogP contribution in [0.5, 0.6) is 0 Å². The predicted octanol–water partition coefficient (Wildman–Crippen LogP) is 2.22. The molecule has 2 saturated heterocycles. The zero-order valence-corrected chi connectivity index (χ0v) is 14.2. The van der Waals surface area contributed by atoms with Crippen LogP contribution in [0.1, 0.15) is 43.0 Å². The van der Waals surface area contributed by atoms with Gasteiger partial charge in [-0.05, 0) is 57.8 Å². The Labute approximate surface area is 143 Å². The number of hydrogen-bond acceptors (Lipinski definition) is 4. The van der Waals surface area contributed by atoms with Crippen molar-refractivity contribution in [2.24, 2.45) is 5.92 Å². The zero-order chi connectivity index (χ0) is 16.9. The molecule has 1 aromatic rings. The van der Waals surface area contributed by atoms with Crippen molar-refractivity contribution < 1.29 is 14.3 Å². The van der Waals surface area contributed by atoms with Crippen molar-refractivity contribution in [3.8, 4) is 0 Å². The molecular weight excluding hydrogens is 304 g/mol. The Balaban J connectivity index is 1.75. The average molecular weight is 330 g/mol. The molecule has 1 aromatic carbocycles. The van der Waals surface area contributed by atoms with Crippen LogP contribution in [0.2, 0.25) is 0 Å². The van der Waals surface area contributed by atoms with Crippen LogP contribution >= 0.6 is 0 Å². The number of esters is 1. The Bertz CT molecular complexity index is 573. The summed E-state index contributed by atoms with van der Waals surface area (Å²) in [7, 11) is 0. The summed E-state index contributed by atoms with van der Waals surface area (Å²) >= 11 is 0. The van der Waals surface area contributed by atoms with Crippen molar-refractivity contribution in [2.75, 3.05) is 19.7 Å². The summed E-state index contributed by atoms with van der Waals surface area (Å²) in [6.07, 6.45) is 3.82. The summed E-state index contributed by atoms with van der Waals surface area (Å²) in [5.74, 6) is -0.316. The highest BCUT2D eigenvalue weighted by Crippen LogP contribution is 2.32. The molecule has 130 valence electrons. The number of carbonyl (C=O) groups excluding carboxylic acids is 2. The molecule has 0 aliphatic carbocycles. The molecule has 2 aliphatic heterocycles. The van der Waals surface area contributed by atoms with E-state index in [1.807, 2.05) is 37.3 Å². The van der Waals surface area contributed by atoms with Gasteiger partial charge in [-0.25, -0.2) is 0 Å². The van der Waals surface area contributed by atoms with Crippen molar-refractivity contribution >= 4 is 11.9 Å². The average Bonchev–Trinajstić information content (AvgIpc) is 2.62. The third kappa shape index (κ3) is 3.61. The van der Waals surface area contributed by atoms with Gasteiger partial charge in [0.05, 0.1) is 12.5 Å². The van der Waals surface area contributed by atoms with Gasteiger partial charge in [0.15, 0.2) is 0 Å². The van der Waals surface area contributed by atoms with Crippen molar-refractivity contribution in [3.63, 3.8) is 0 Å². The normalized spacial score (nSPS) is 27.1. The number of ether oxygens (including phenoxy) is 1. The van der Waals surface area contributed by atoms with Crippen molar-refractivity contribution in [3.05, 3.63) is 35.9 Å². The van der Waals surface area contributed by atoms with Crippen LogP contribution in [-0.2, 0) is 9.53 Å². The topological polar surface area (TPSA) is 58.6 Å². The second-order valence-corrected chi connectivity index (χ2v) is 6.62. The zero-order valence-electron chi connectivity index (χ0n) is 14.2. The number of rotatable bonds is 4. The van der Waals surface area contributed by atoms with Crippen LogP contribution in [0.4, 0.5) is 0 Å². The summed E-state index contributed by atoms with van der Waals surface area (Å²) in [6.45, 7) is 4.24. The SMILES string of the molecule is CCOC(=O)[C@@H]1CCCN2CCC[C@H](NC(=O)c3ccccc3)[C@@H]12. The minimum atomic E-state index is -0.139. The Morgan fingerprint density at radius 1 is 1.17 bits per heavy atom. The molecule has 2 fully saturated rings. The molecule has 5 nitrogen and oxygen atoms in total. The van der Waals surface area contributed by atoms with Crippen LogP contribution < -0.4 is 5.32 Å². The third-order valence-corrected chi connectivity index (χ3v) is 5.11. The van der Waals surface area contributed by atoms with E-state index in [0.29, 0.717) is 12.2 Å². The molecule has 3 atom stereocenters. The minimum absolute atomic E-state index is 0.00108. The highest BCUT2D eigenvalue weighted by atomic mass is 16.5. The summed E-state index contributed by atoms with van der Waals surface area (Å²) in [5, 5.41) is 3.17. The molecule has 0 spiro atoms. The fourth-order valence-electron chi connectivity index (χ4n) is 4.07. The fourth-order valence-corrected chi connectivity index (χ4v) is 4.07. The molecule has 2 aliphatic rings. The van der Waals surface area contributed by atoms with E-state index < -0.39 is 0 Å². The van der Waals surface area contributed by atoms with Crippen LogP contribution in [-0.4, -0.2) is 48.6 Å². The lowest BCUT2D eigenvalue weighted by molar-refractivity contribution is -0.154. The molecule has 0 unspecified atom stereocenters. The number of benzene rings is 1. The maximum Gasteiger partial charge on any atom is 0.310 e. The van der Waals surface area contributed by atoms with Crippen LogP contribution in [0.3, 0.4) is 0 Å². The van der Waals surface area contributed by atoms with Crippen LogP contribution in [0.25, 0.3) is 0 Å². The number of nitrogens with one attached hydrogen (secondary N) is 1. The first kappa shape index (κ1) is 17.0. The van der Waals surface area contributed by atoms with Gasteiger partial charge < -0.3 is 10.1 Å². The number of amides is 1. The van der Waals surface area contributed by atoms with Gasteiger partial charge in [-0.2, -0.15) is 0 Å². The highest BCUT2D eigenvalue weighted by Gasteiger charge is 2.43. The van der Waals surface area contributed by atoms with Gasteiger partial charge in [0.2, 0.25) is 0 Å². The Kier molecular flexibility index (Phi) is 5.51. The number of carbonyl (C=O) groups is 2. The van der Waals surface area contributed by atoms with E-state index in [2.05, 4.69) is 10.2 Å². The molecule has 0 bridgehead atoms. The first-order valence-electron chi connectivity index (χ1n) is 8.97. The van der Waals surface area contributed by atoms with Crippen LogP contribution in [0.15, 0.2) is 30.3 Å². The first-order chi connectivity index (χ1) is 11.7. The van der Waals surface area contributed by atoms with Gasteiger partial charge in [0.1, 0.15) is 0 Å². The summed E-state index contributed by atoms with van der Waals surface area (Å²) < 4.78 is 5.29. The predicted molar refractivity (Wildman–Crippen MR) is 91.6 cm³/mol. The largest absolute Gasteiger partial charge is 0.466 e. The number of piperidine rings is 2. The lowest BCUT2D eigenvalue weighted by Crippen LogP contribution is -2.61. The molecule has 24 heavy (non-hydrogen) atoms. The molecule has 0 aromatic heterocycles. The maximum absolute atomic E-state index is 12.5. The van der Waals surface area contributed by atoms with Gasteiger partial charge in [-0.3, -0.25) is 14.5 Å². The highest BCUT2D eigenvalue weighted by molar-refractivity contribution is 5.94. The molecular formula is C19H26N2O3. The molecule has 1 amide bonds. The Hall–Kier alpha value is -1.88. The molecule has 5 heteroatoms. The quantitative estimate of drug-likeness (QED) is 0.860. The van der Waals surface area contributed by atoms with Crippen molar-refractivity contribution in [1.29, 1.82) is 0 Å². The molecule has 0 radical (unpaired) electrons. The number of nitrogens with zero attached hydrogens (tertiary/aromatic N) is 1. The number of fused-ring (bicyclic) bond motifs is 1. The second kappa shape index (κ2) is 7.79. The smallest absolute Gasteiger partial charge is 0.310 e. The van der Waals surface area contributed by atoms with E-state index in [4.69, 9.17) is 4.74 Å². The van der Waals surface area contributed by atoms with E-state index in [-0.39, 0.29) is 29.9 Å². The monoisotopic (exact) mass is 330 g/mol. The molecule has 3 rings (SSSR count). The molecule has 0 saturated carbocycles. The second-order valence-electron chi connectivity index (χ2n) is 6.62. The third-order valence-electron chi connectivity index (χ3n) is 5.11. The lowest BCUT2D eigenvalue weighted by atomic mass is 9.80. The summed E-state index contributed by atoms with van der Waals surface area (Å²) in [6, 6.07) is 9.32. The Morgan fingerprint density at radius 3 is 2.58 bits per heavy atom. The molecule has 1 N–H and O–H groups in total. The van der Waals surface area contributed by atoms with E-state index in [1.54, 1.807) is 0 Å². The Morgan fingerprint density at radius 2 is 1.88 bits per heavy atom. The van der Waals surface area contributed by atoms with Gasteiger partial charge >= 0.3 is 5.97 Å². The van der Waals surface area contributed by atoms with Gasteiger partial charge in [0, 0.05) is 17.6 Å². The number of hydrogen-bond donors (Lipinski definition) is 1. The van der Waals surface area contributed by atoms with Gasteiger partial charge in [0.25, 0.3) is 5.91 Å². The van der Waals surface area contributed by atoms with E-state index in [0.717, 1.165) is 38.8 Å². The van der Waals surface area contributed by atoms with Crippen molar-refractivity contribution in [2.45, 2.75) is 44.7 Å². The maximum atomic E-state index is 12.5. The minimum Gasteiger partial charge on any atom is -0.466 e. The molecule has 2 heterocycles. The van der Waals surface area contributed by atoms with E-state index in [9.17, 15) is 9.59 Å². The van der Waals surface area contributed by atoms with Gasteiger partial charge in [-0.15, -0.1) is 0 Å². The summed E-state index contributed by atoms with van der Waals surface area (Å²) in [4.78, 5) is 27.3. The fraction of sp³-hybridized carbons (Fsp3) is 0.579. The van der Waals surface area contributed by atoms with E-state index >= 15 is 0 Å². The van der Waals surface area contributed by atoms with Gasteiger partial charge in [-0.1, -0.05) is 18.2 Å². The standard InChI is InChI=1S/C19H26N2O3/c1-2-24-19(23)15-10-6-12-21-13-7-11-16(17(15)21)20-18(22)14-8-4-3-5-9-14/h3-5,8-9,15-17H,2,6-7,10-13H2,1H3,(H,20,22)/t15-,16+,17-/m1/s1.